The number of anilines is 2. The second kappa shape index (κ2) is 5.76. The number of pyridine rings is 1. The second-order valence-electron chi connectivity index (χ2n) is 5.04. The minimum absolute atomic E-state index is 0.186. The molecule has 0 radical (unpaired) electrons. The fourth-order valence-corrected chi connectivity index (χ4v) is 2.85. The number of hydrogen-bond donors (Lipinski definition) is 2. The van der Waals surface area contributed by atoms with Crippen LogP contribution in [0.1, 0.15) is 5.56 Å². The molecule has 0 saturated heterocycles. The van der Waals surface area contributed by atoms with Gasteiger partial charge in [0.05, 0.1) is 17.7 Å². The summed E-state index contributed by atoms with van der Waals surface area (Å²) >= 11 is 2.00. The number of fused-ring (bicyclic) bond motifs is 1. The third-order valence-electron chi connectivity index (χ3n) is 3.59. The summed E-state index contributed by atoms with van der Waals surface area (Å²) in [6.07, 6.45) is 1.23. The van der Waals surface area contributed by atoms with Crippen LogP contribution >= 0.6 is 22.6 Å². The molecule has 8 heteroatoms. The van der Waals surface area contributed by atoms with Gasteiger partial charge in [-0.3, -0.25) is 14.2 Å². The molecule has 0 saturated carbocycles. The Labute approximate surface area is 143 Å². The second-order valence-corrected chi connectivity index (χ2v) is 6.29. The van der Waals surface area contributed by atoms with Gasteiger partial charge in [0.2, 0.25) is 0 Å². The first-order chi connectivity index (χ1) is 10.9. The number of halogens is 2. The first-order valence-electron chi connectivity index (χ1n) is 6.69. The molecule has 2 aromatic heterocycles. The molecule has 0 amide bonds. The van der Waals surface area contributed by atoms with Crippen molar-refractivity contribution >= 4 is 45.0 Å². The van der Waals surface area contributed by atoms with Crippen molar-refractivity contribution in [2.24, 2.45) is 7.05 Å². The van der Waals surface area contributed by atoms with Gasteiger partial charge in [-0.1, -0.05) is 0 Å². The minimum Gasteiger partial charge on any atom is -0.352 e. The lowest BCUT2D eigenvalue weighted by molar-refractivity contribution is 0.631. The molecule has 3 rings (SSSR count). The van der Waals surface area contributed by atoms with E-state index >= 15 is 0 Å². The normalized spacial score (nSPS) is 11.0. The average molecular weight is 426 g/mol. The van der Waals surface area contributed by atoms with Crippen LogP contribution in [0.2, 0.25) is 0 Å². The highest BCUT2D eigenvalue weighted by Gasteiger charge is 2.17. The van der Waals surface area contributed by atoms with E-state index in [4.69, 9.17) is 0 Å². The van der Waals surface area contributed by atoms with Crippen molar-refractivity contribution in [1.82, 2.24) is 14.5 Å². The highest BCUT2D eigenvalue weighted by atomic mass is 127. The van der Waals surface area contributed by atoms with Crippen LogP contribution in [0.3, 0.4) is 0 Å². The zero-order valence-corrected chi connectivity index (χ0v) is 14.4. The van der Waals surface area contributed by atoms with E-state index < -0.39 is 11.4 Å². The van der Waals surface area contributed by atoms with Crippen LogP contribution in [-0.4, -0.2) is 14.5 Å². The maximum atomic E-state index is 14.1. The summed E-state index contributed by atoms with van der Waals surface area (Å²) in [6, 6.07) is 4.65. The van der Waals surface area contributed by atoms with E-state index in [2.05, 4.69) is 15.3 Å². The molecule has 0 fully saturated rings. The van der Waals surface area contributed by atoms with Gasteiger partial charge in [-0.25, -0.2) is 9.37 Å². The maximum Gasteiger partial charge on any atom is 0.262 e. The Hall–Kier alpha value is -2.23. The summed E-state index contributed by atoms with van der Waals surface area (Å²) < 4.78 is 16.1. The number of nitrogens with zero attached hydrogens (tertiary/aromatic N) is 2. The Balaban J connectivity index is 2.33. The Morgan fingerprint density at radius 1 is 1.35 bits per heavy atom. The summed E-state index contributed by atoms with van der Waals surface area (Å²) in [5.41, 5.74) is 0.296. The van der Waals surface area contributed by atoms with Crippen LogP contribution in [0.4, 0.5) is 15.8 Å². The van der Waals surface area contributed by atoms with Gasteiger partial charge in [0.1, 0.15) is 11.2 Å². The SMILES string of the molecule is Cc1c(Nc2ccc(I)cc2F)c2c(=O)[nH]cnc2n(C)c1=O. The van der Waals surface area contributed by atoms with Gasteiger partial charge < -0.3 is 10.3 Å². The predicted octanol–water partition coefficient (Wildman–Crippen LogP) is 2.42. The van der Waals surface area contributed by atoms with Gasteiger partial charge in [-0.2, -0.15) is 0 Å². The molecular weight excluding hydrogens is 414 g/mol. The van der Waals surface area contributed by atoms with E-state index in [1.165, 1.54) is 17.0 Å². The quantitative estimate of drug-likeness (QED) is 0.618. The van der Waals surface area contributed by atoms with Gasteiger partial charge in [0.15, 0.2) is 5.65 Å². The van der Waals surface area contributed by atoms with Crippen LogP contribution < -0.4 is 16.4 Å². The topological polar surface area (TPSA) is 79.8 Å². The Morgan fingerprint density at radius 3 is 2.78 bits per heavy atom. The molecule has 2 N–H and O–H groups in total. The van der Waals surface area contributed by atoms with Crippen molar-refractivity contribution in [3.8, 4) is 0 Å². The van der Waals surface area contributed by atoms with Crippen LogP contribution in [0.5, 0.6) is 0 Å². The molecule has 0 aliphatic heterocycles. The number of nitrogens with one attached hydrogen (secondary N) is 2. The first-order valence-corrected chi connectivity index (χ1v) is 7.77. The summed E-state index contributed by atoms with van der Waals surface area (Å²) in [4.78, 5) is 31.1. The lowest BCUT2D eigenvalue weighted by Gasteiger charge is -2.14. The maximum absolute atomic E-state index is 14.1. The molecule has 0 aliphatic rings. The van der Waals surface area contributed by atoms with Crippen LogP contribution in [-0.2, 0) is 7.05 Å². The molecule has 3 aromatic rings. The largest absolute Gasteiger partial charge is 0.352 e. The Morgan fingerprint density at radius 2 is 2.09 bits per heavy atom. The van der Waals surface area contributed by atoms with Crippen molar-refractivity contribution in [3.63, 3.8) is 0 Å². The predicted molar refractivity (Wildman–Crippen MR) is 94.7 cm³/mol. The zero-order chi connectivity index (χ0) is 16.7. The molecule has 0 bridgehead atoms. The van der Waals surface area contributed by atoms with E-state index in [9.17, 15) is 14.0 Å². The number of aromatic amines is 1. The van der Waals surface area contributed by atoms with E-state index in [0.717, 1.165) is 3.57 Å². The number of benzene rings is 1. The van der Waals surface area contributed by atoms with E-state index in [-0.39, 0.29) is 28.0 Å². The summed E-state index contributed by atoms with van der Waals surface area (Å²) in [5, 5.41) is 3.08. The summed E-state index contributed by atoms with van der Waals surface area (Å²) in [6.45, 7) is 1.58. The smallest absolute Gasteiger partial charge is 0.262 e. The lowest BCUT2D eigenvalue weighted by atomic mass is 10.1. The van der Waals surface area contributed by atoms with Gasteiger partial charge in [0, 0.05) is 16.2 Å². The molecular formula is C15H12FIN4O2. The Kier molecular flexibility index (Phi) is 3.92. The van der Waals surface area contributed by atoms with Crippen LogP contribution in [0.15, 0.2) is 34.1 Å². The lowest BCUT2D eigenvalue weighted by Crippen LogP contribution is -2.25. The highest BCUT2D eigenvalue weighted by Crippen LogP contribution is 2.26. The average Bonchev–Trinajstić information content (AvgIpc) is 2.51. The molecule has 6 nitrogen and oxygen atoms in total. The van der Waals surface area contributed by atoms with Crippen molar-refractivity contribution < 1.29 is 4.39 Å². The molecule has 0 atom stereocenters. The molecule has 2 heterocycles. The zero-order valence-electron chi connectivity index (χ0n) is 12.3. The van der Waals surface area contributed by atoms with Gasteiger partial charge in [0.25, 0.3) is 11.1 Å². The third kappa shape index (κ3) is 2.62. The Bertz CT molecular complexity index is 1040. The molecule has 0 aliphatic carbocycles. The number of hydrogen-bond acceptors (Lipinski definition) is 4. The highest BCUT2D eigenvalue weighted by molar-refractivity contribution is 14.1. The third-order valence-corrected chi connectivity index (χ3v) is 4.26. The van der Waals surface area contributed by atoms with Crippen molar-refractivity contribution in [3.05, 3.63) is 60.2 Å². The molecule has 0 unspecified atom stereocenters. The summed E-state index contributed by atoms with van der Waals surface area (Å²) in [5.74, 6) is -0.467. The molecule has 0 spiro atoms. The van der Waals surface area contributed by atoms with E-state index in [1.807, 2.05) is 22.6 Å². The van der Waals surface area contributed by atoms with Crippen molar-refractivity contribution in [1.29, 1.82) is 0 Å². The van der Waals surface area contributed by atoms with Crippen LogP contribution in [0, 0.1) is 16.3 Å². The van der Waals surface area contributed by atoms with Crippen LogP contribution in [0.25, 0.3) is 11.0 Å². The van der Waals surface area contributed by atoms with Crippen molar-refractivity contribution in [2.45, 2.75) is 6.92 Å². The molecule has 118 valence electrons. The number of H-pyrrole nitrogens is 1. The molecule has 23 heavy (non-hydrogen) atoms. The fraction of sp³-hybridized carbons (Fsp3) is 0.133. The molecule has 1 aromatic carbocycles. The van der Waals surface area contributed by atoms with Gasteiger partial charge in [-0.15, -0.1) is 0 Å². The number of aromatic nitrogens is 3. The standard InChI is InChI=1S/C15H12FIN4O2/c1-7-12(20-10-4-3-8(17)5-9(10)16)11-13(21(2)15(7)23)18-6-19-14(11)22/h3-6,20H,1-2H3,(H,18,19,22). The van der Waals surface area contributed by atoms with E-state index in [0.29, 0.717) is 5.56 Å². The fourth-order valence-electron chi connectivity index (χ4n) is 2.39. The first kappa shape index (κ1) is 15.7. The van der Waals surface area contributed by atoms with E-state index in [1.54, 1.807) is 26.1 Å². The monoisotopic (exact) mass is 426 g/mol. The van der Waals surface area contributed by atoms with Crippen molar-refractivity contribution in [2.75, 3.05) is 5.32 Å². The number of aryl methyl sites for hydroxylation is 1. The number of rotatable bonds is 2. The minimum atomic E-state index is -0.467. The van der Waals surface area contributed by atoms with Gasteiger partial charge >= 0.3 is 0 Å². The van der Waals surface area contributed by atoms with Gasteiger partial charge in [-0.05, 0) is 47.7 Å². The summed E-state index contributed by atoms with van der Waals surface area (Å²) in [7, 11) is 1.54.